The summed E-state index contributed by atoms with van der Waals surface area (Å²) in [4.78, 5) is 14.1. The summed E-state index contributed by atoms with van der Waals surface area (Å²) in [5.74, 6) is 0.921. The van der Waals surface area contributed by atoms with Crippen LogP contribution in [0.3, 0.4) is 0 Å². The fraction of sp³-hybridized carbons (Fsp3) is 0.316. The topological polar surface area (TPSA) is 53.6 Å². The van der Waals surface area contributed by atoms with Crippen molar-refractivity contribution in [3.8, 4) is 5.75 Å². The van der Waals surface area contributed by atoms with Gasteiger partial charge in [0, 0.05) is 37.9 Å². The summed E-state index contributed by atoms with van der Waals surface area (Å²) < 4.78 is 5.46. The molecule has 0 radical (unpaired) electrons. The SMILES string of the molecule is CN(CCCNC(=O)Nc1ccc2c(c1)CCO2)c1ccccc1. The van der Waals surface area contributed by atoms with E-state index in [1.807, 2.05) is 36.4 Å². The van der Waals surface area contributed by atoms with Crippen LogP contribution in [0.1, 0.15) is 12.0 Å². The van der Waals surface area contributed by atoms with E-state index in [9.17, 15) is 4.79 Å². The normalized spacial score (nSPS) is 12.2. The van der Waals surface area contributed by atoms with Crippen LogP contribution in [0.2, 0.25) is 0 Å². The van der Waals surface area contributed by atoms with Crippen LogP contribution in [0.25, 0.3) is 0 Å². The molecular formula is C19H23N3O2. The summed E-state index contributed by atoms with van der Waals surface area (Å²) in [5.41, 5.74) is 3.14. The van der Waals surface area contributed by atoms with E-state index >= 15 is 0 Å². The Morgan fingerprint density at radius 3 is 2.88 bits per heavy atom. The quantitative estimate of drug-likeness (QED) is 0.802. The minimum absolute atomic E-state index is 0.170. The van der Waals surface area contributed by atoms with Crippen molar-refractivity contribution < 1.29 is 9.53 Å². The third-order valence-electron chi connectivity index (χ3n) is 4.10. The molecule has 0 atom stereocenters. The van der Waals surface area contributed by atoms with Crippen LogP contribution in [0.5, 0.6) is 5.75 Å². The molecule has 2 aromatic rings. The van der Waals surface area contributed by atoms with Crippen molar-refractivity contribution in [2.75, 3.05) is 37.0 Å². The number of amides is 2. The monoisotopic (exact) mass is 325 g/mol. The first-order chi connectivity index (χ1) is 11.7. The third kappa shape index (κ3) is 4.19. The Kier molecular flexibility index (Phi) is 5.21. The fourth-order valence-electron chi connectivity index (χ4n) is 2.77. The van der Waals surface area contributed by atoms with Gasteiger partial charge in [-0.3, -0.25) is 0 Å². The molecule has 3 rings (SSSR count). The van der Waals surface area contributed by atoms with Gasteiger partial charge in [0.05, 0.1) is 6.61 Å². The number of urea groups is 1. The molecule has 2 N–H and O–H groups in total. The van der Waals surface area contributed by atoms with Gasteiger partial charge in [-0.25, -0.2) is 4.79 Å². The zero-order chi connectivity index (χ0) is 16.8. The standard InChI is InChI=1S/C19H23N3O2/c1-22(17-6-3-2-4-7-17)12-5-11-20-19(23)21-16-8-9-18-15(14-16)10-13-24-18/h2-4,6-9,14H,5,10-13H2,1H3,(H2,20,21,23). The Morgan fingerprint density at radius 2 is 2.04 bits per heavy atom. The first kappa shape index (κ1) is 16.2. The minimum Gasteiger partial charge on any atom is -0.493 e. The first-order valence-corrected chi connectivity index (χ1v) is 8.29. The highest BCUT2D eigenvalue weighted by atomic mass is 16.5. The molecule has 0 unspecified atom stereocenters. The van der Waals surface area contributed by atoms with Crippen molar-refractivity contribution in [3.63, 3.8) is 0 Å². The van der Waals surface area contributed by atoms with Crippen molar-refractivity contribution in [2.24, 2.45) is 0 Å². The van der Waals surface area contributed by atoms with Crippen LogP contribution in [0.4, 0.5) is 16.2 Å². The summed E-state index contributed by atoms with van der Waals surface area (Å²) in [7, 11) is 2.06. The smallest absolute Gasteiger partial charge is 0.319 e. The van der Waals surface area contributed by atoms with Crippen LogP contribution in [-0.4, -0.2) is 32.8 Å². The molecule has 5 nitrogen and oxygen atoms in total. The number of rotatable bonds is 6. The van der Waals surface area contributed by atoms with Gasteiger partial charge in [-0.05, 0) is 42.3 Å². The second kappa shape index (κ2) is 7.73. The van der Waals surface area contributed by atoms with Crippen molar-refractivity contribution in [1.82, 2.24) is 5.32 Å². The van der Waals surface area contributed by atoms with Crippen molar-refractivity contribution in [3.05, 3.63) is 54.1 Å². The lowest BCUT2D eigenvalue weighted by Crippen LogP contribution is -2.31. The van der Waals surface area contributed by atoms with E-state index in [2.05, 4.69) is 34.7 Å². The molecule has 0 bridgehead atoms. The Labute approximate surface area is 142 Å². The predicted molar refractivity (Wildman–Crippen MR) is 97.0 cm³/mol. The van der Waals surface area contributed by atoms with Crippen molar-refractivity contribution >= 4 is 17.4 Å². The highest BCUT2D eigenvalue weighted by molar-refractivity contribution is 5.89. The van der Waals surface area contributed by atoms with Gasteiger partial charge in [0.2, 0.25) is 0 Å². The maximum Gasteiger partial charge on any atom is 0.319 e. The lowest BCUT2D eigenvalue weighted by atomic mass is 10.1. The van der Waals surface area contributed by atoms with Crippen LogP contribution in [0, 0.1) is 0 Å². The van der Waals surface area contributed by atoms with Gasteiger partial charge >= 0.3 is 6.03 Å². The summed E-state index contributed by atoms with van der Waals surface area (Å²) in [5, 5.41) is 5.77. The van der Waals surface area contributed by atoms with Crippen molar-refractivity contribution in [2.45, 2.75) is 12.8 Å². The van der Waals surface area contributed by atoms with Gasteiger partial charge in [0.25, 0.3) is 0 Å². The maximum atomic E-state index is 12.0. The molecule has 24 heavy (non-hydrogen) atoms. The molecule has 5 heteroatoms. The molecule has 1 aliphatic heterocycles. The zero-order valence-electron chi connectivity index (χ0n) is 13.9. The van der Waals surface area contributed by atoms with E-state index in [0.717, 1.165) is 43.0 Å². The number of fused-ring (bicyclic) bond motifs is 1. The highest BCUT2D eigenvalue weighted by Crippen LogP contribution is 2.27. The molecule has 0 spiro atoms. The average molecular weight is 325 g/mol. The lowest BCUT2D eigenvalue weighted by molar-refractivity contribution is 0.252. The van der Waals surface area contributed by atoms with Gasteiger partial charge < -0.3 is 20.3 Å². The van der Waals surface area contributed by atoms with Crippen LogP contribution in [0.15, 0.2) is 48.5 Å². The highest BCUT2D eigenvalue weighted by Gasteiger charge is 2.12. The lowest BCUT2D eigenvalue weighted by Gasteiger charge is -2.19. The molecular weight excluding hydrogens is 302 g/mol. The third-order valence-corrected chi connectivity index (χ3v) is 4.10. The average Bonchev–Trinajstić information content (AvgIpc) is 3.07. The van der Waals surface area contributed by atoms with E-state index in [1.54, 1.807) is 0 Å². The summed E-state index contributed by atoms with van der Waals surface area (Å²) >= 11 is 0. The van der Waals surface area contributed by atoms with Gasteiger partial charge in [-0.15, -0.1) is 0 Å². The second-order valence-corrected chi connectivity index (χ2v) is 5.91. The Hall–Kier alpha value is -2.69. The Balaban J connectivity index is 1.38. The van der Waals surface area contributed by atoms with E-state index < -0.39 is 0 Å². The van der Waals surface area contributed by atoms with Crippen LogP contribution in [-0.2, 0) is 6.42 Å². The summed E-state index contributed by atoms with van der Waals surface area (Å²) in [6.07, 6.45) is 1.79. The molecule has 0 fully saturated rings. The second-order valence-electron chi connectivity index (χ2n) is 5.91. The molecule has 1 aliphatic rings. The molecule has 126 valence electrons. The number of hydrogen-bond donors (Lipinski definition) is 2. The molecule has 0 saturated heterocycles. The Morgan fingerprint density at radius 1 is 1.21 bits per heavy atom. The number of para-hydroxylation sites is 1. The molecule has 0 aromatic heterocycles. The van der Waals surface area contributed by atoms with Crippen LogP contribution < -0.4 is 20.3 Å². The largest absolute Gasteiger partial charge is 0.493 e. The molecule has 0 aliphatic carbocycles. The fourth-order valence-corrected chi connectivity index (χ4v) is 2.77. The van der Waals surface area contributed by atoms with E-state index in [0.29, 0.717) is 6.54 Å². The first-order valence-electron chi connectivity index (χ1n) is 8.29. The molecule has 1 heterocycles. The van der Waals surface area contributed by atoms with E-state index in [-0.39, 0.29) is 6.03 Å². The van der Waals surface area contributed by atoms with Gasteiger partial charge in [-0.1, -0.05) is 18.2 Å². The Bertz CT molecular complexity index is 688. The molecule has 0 saturated carbocycles. The summed E-state index contributed by atoms with van der Waals surface area (Å²) in [6.45, 7) is 2.25. The van der Waals surface area contributed by atoms with Gasteiger partial charge in [0.1, 0.15) is 5.75 Å². The predicted octanol–water partition coefficient (Wildman–Crippen LogP) is 3.27. The number of anilines is 2. The summed E-state index contributed by atoms with van der Waals surface area (Å²) in [6, 6.07) is 15.8. The van der Waals surface area contributed by atoms with Crippen LogP contribution >= 0.6 is 0 Å². The number of nitrogens with one attached hydrogen (secondary N) is 2. The number of benzene rings is 2. The number of nitrogens with zero attached hydrogens (tertiary/aromatic N) is 1. The number of hydrogen-bond acceptors (Lipinski definition) is 3. The molecule has 2 aromatic carbocycles. The number of carbonyl (C=O) groups is 1. The number of ether oxygens (including phenoxy) is 1. The van der Waals surface area contributed by atoms with E-state index in [4.69, 9.17) is 4.74 Å². The van der Waals surface area contributed by atoms with Gasteiger partial charge in [0.15, 0.2) is 0 Å². The number of carbonyl (C=O) groups excluding carboxylic acids is 1. The minimum atomic E-state index is -0.170. The van der Waals surface area contributed by atoms with E-state index in [1.165, 1.54) is 5.69 Å². The molecule has 2 amide bonds. The maximum absolute atomic E-state index is 12.0. The van der Waals surface area contributed by atoms with Gasteiger partial charge in [-0.2, -0.15) is 0 Å². The zero-order valence-corrected chi connectivity index (χ0v) is 13.9. The van der Waals surface area contributed by atoms with Crippen molar-refractivity contribution in [1.29, 1.82) is 0 Å².